The van der Waals surface area contributed by atoms with Crippen molar-refractivity contribution >= 4 is 28.7 Å². The molecule has 0 saturated carbocycles. The summed E-state index contributed by atoms with van der Waals surface area (Å²) in [7, 11) is 0. The molecule has 0 aliphatic carbocycles. The van der Waals surface area contributed by atoms with Crippen molar-refractivity contribution in [3.8, 4) is 11.6 Å². The summed E-state index contributed by atoms with van der Waals surface area (Å²) in [5.74, 6) is 0.438. The van der Waals surface area contributed by atoms with Gasteiger partial charge >= 0.3 is 6.09 Å². The Balaban J connectivity index is 0.991. The van der Waals surface area contributed by atoms with Crippen LogP contribution in [0.2, 0.25) is 0 Å². The minimum Gasteiger partial charge on any atom is -0.445 e. The molecule has 3 heterocycles. The number of hydrogen-bond acceptors (Lipinski definition) is 7. The van der Waals surface area contributed by atoms with Crippen molar-refractivity contribution in [3.05, 3.63) is 100 Å². The molecule has 0 atom stereocenters. The summed E-state index contributed by atoms with van der Waals surface area (Å²) in [6.07, 6.45) is 0.819. The molecule has 44 heavy (non-hydrogen) atoms. The van der Waals surface area contributed by atoms with Gasteiger partial charge in [-0.05, 0) is 48.7 Å². The highest BCUT2D eigenvalue weighted by atomic mass is 16.6. The van der Waals surface area contributed by atoms with Crippen LogP contribution in [-0.2, 0) is 16.1 Å². The zero-order chi connectivity index (χ0) is 30.5. The number of carbonyl (C=O) groups is 3. The quantitative estimate of drug-likeness (QED) is 0.357. The van der Waals surface area contributed by atoms with Crippen molar-refractivity contribution in [2.75, 3.05) is 39.3 Å². The Morgan fingerprint density at radius 3 is 2.20 bits per heavy atom. The average molecular weight is 596 g/mol. The number of fused-ring (bicyclic) bond motifs is 1. The van der Waals surface area contributed by atoms with Crippen molar-refractivity contribution in [3.63, 3.8) is 0 Å². The highest BCUT2D eigenvalue weighted by Crippen LogP contribution is 2.27. The van der Waals surface area contributed by atoms with Crippen LogP contribution in [0.3, 0.4) is 0 Å². The van der Waals surface area contributed by atoms with E-state index < -0.39 is 0 Å². The van der Waals surface area contributed by atoms with Gasteiger partial charge in [0, 0.05) is 50.7 Å². The van der Waals surface area contributed by atoms with Gasteiger partial charge in [-0.2, -0.15) is 0 Å². The normalized spacial score (nSPS) is 15.7. The molecular weight excluding hydrogens is 562 g/mol. The molecule has 226 valence electrons. The zero-order valence-corrected chi connectivity index (χ0v) is 24.2. The summed E-state index contributed by atoms with van der Waals surface area (Å²) in [6.45, 7) is 2.93. The minimum atomic E-state index is -0.357. The number of piperazine rings is 1. The fourth-order valence-corrected chi connectivity index (χ4v) is 5.66. The van der Waals surface area contributed by atoms with E-state index in [1.165, 1.54) is 0 Å². The van der Waals surface area contributed by atoms with Crippen LogP contribution in [0, 0.1) is 5.92 Å². The number of nitrogens with one attached hydrogen (secondary N) is 1. The molecule has 2 aliphatic heterocycles. The van der Waals surface area contributed by atoms with Crippen LogP contribution in [0.1, 0.15) is 28.8 Å². The minimum absolute atomic E-state index is 0.0745. The van der Waals surface area contributed by atoms with Gasteiger partial charge in [-0.15, -0.1) is 5.10 Å². The lowest BCUT2D eigenvalue weighted by atomic mass is 9.95. The Kier molecular flexibility index (Phi) is 8.53. The maximum atomic E-state index is 13.3. The summed E-state index contributed by atoms with van der Waals surface area (Å²) in [5.41, 5.74) is 1.09. The number of ether oxygens (including phenoxy) is 2. The van der Waals surface area contributed by atoms with Crippen molar-refractivity contribution in [1.29, 1.82) is 0 Å². The molecular formula is C33H33N5O6. The van der Waals surface area contributed by atoms with E-state index in [9.17, 15) is 19.2 Å². The van der Waals surface area contributed by atoms with E-state index in [0.717, 1.165) is 5.56 Å². The third-order valence-corrected chi connectivity index (χ3v) is 8.14. The summed E-state index contributed by atoms with van der Waals surface area (Å²) in [6, 6.07) is 23.4. The molecule has 0 unspecified atom stereocenters. The molecule has 2 saturated heterocycles. The number of benzene rings is 3. The Labute approximate surface area is 254 Å². The van der Waals surface area contributed by atoms with Crippen LogP contribution in [0.25, 0.3) is 10.8 Å². The molecule has 11 nitrogen and oxygen atoms in total. The lowest BCUT2D eigenvalue weighted by molar-refractivity contribution is -0.138. The van der Waals surface area contributed by atoms with Gasteiger partial charge in [0.1, 0.15) is 12.4 Å². The van der Waals surface area contributed by atoms with E-state index in [2.05, 4.69) is 10.2 Å². The molecule has 11 heteroatoms. The largest absolute Gasteiger partial charge is 0.445 e. The van der Waals surface area contributed by atoms with E-state index >= 15 is 0 Å². The number of likely N-dealkylation sites (tertiary alicyclic amines) is 1. The van der Waals surface area contributed by atoms with Crippen molar-refractivity contribution in [2.24, 2.45) is 5.92 Å². The molecule has 3 aromatic carbocycles. The number of aromatic amines is 1. The standard InChI is InChI=1S/C33H33N5O6/c39-29-27-11-4-5-12-28(27)30(35-34-29)44-26-10-6-9-25(21-26)32(41)37-19-17-36(18-20-37)31(40)24-13-15-38(16-14-24)33(42)43-22-23-7-2-1-3-8-23/h1-12,21,24H,13-20,22H2,(H,34,39). The molecule has 6 rings (SSSR count). The predicted octanol–water partition coefficient (Wildman–Crippen LogP) is 4.05. The second-order valence-electron chi connectivity index (χ2n) is 11.0. The van der Waals surface area contributed by atoms with Crippen LogP contribution in [0.5, 0.6) is 11.6 Å². The molecule has 4 aromatic rings. The van der Waals surface area contributed by atoms with Crippen LogP contribution in [-0.4, -0.2) is 82.1 Å². The molecule has 0 radical (unpaired) electrons. The van der Waals surface area contributed by atoms with E-state index in [-0.39, 0.29) is 41.9 Å². The molecule has 2 aliphatic rings. The van der Waals surface area contributed by atoms with Crippen LogP contribution < -0.4 is 10.3 Å². The van der Waals surface area contributed by atoms with Gasteiger partial charge in [0.2, 0.25) is 11.8 Å². The Morgan fingerprint density at radius 1 is 0.773 bits per heavy atom. The van der Waals surface area contributed by atoms with E-state index in [1.54, 1.807) is 58.3 Å². The van der Waals surface area contributed by atoms with Gasteiger partial charge in [-0.1, -0.05) is 48.5 Å². The second kappa shape index (κ2) is 13.0. The predicted molar refractivity (Wildman–Crippen MR) is 162 cm³/mol. The van der Waals surface area contributed by atoms with Crippen LogP contribution in [0.15, 0.2) is 83.7 Å². The molecule has 1 N–H and O–H groups in total. The zero-order valence-electron chi connectivity index (χ0n) is 24.2. The van der Waals surface area contributed by atoms with Gasteiger partial charge < -0.3 is 24.2 Å². The van der Waals surface area contributed by atoms with Crippen molar-refractivity contribution in [1.82, 2.24) is 24.9 Å². The second-order valence-corrected chi connectivity index (χ2v) is 11.0. The number of H-pyrrole nitrogens is 1. The third-order valence-electron chi connectivity index (χ3n) is 8.14. The Bertz CT molecular complexity index is 1710. The lowest BCUT2D eigenvalue weighted by Gasteiger charge is -2.38. The van der Waals surface area contributed by atoms with Crippen LogP contribution in [0.4, 0.5) is 4.79 Å². The van der Waals surface area contributed by atoms with Gasteiger partial charge in [-0.3, -0.25) is 14.4 Å². The van der Waals surface area contributed by atoms with Crippen molar-refractivity contribution < 1.29 is 23.9 Å². The lowest BCUT2D eigenvalue weighted by Crippen LogP contribution is -2.53. The number of nitrogens with zero attached hydrogens (tertiary/aromatic N) is 4. The topological polar surface area (TPSA) is 125 Å². The summed E-state index contributed by atoms with van der Waals surface area (Å²) in [4.78, 5) is 56.4. The highest BCUT2D eigenvalue weighted by molar-refractivity contribution is 5.95. The van der Waals surface area contributed by atoms with Gasteiger partial charge in [0.25, 0.3) is 11.5 Å². The highest BCUT2D eigenvalue weighted by Gasteiger charge is 2.33. The van der Waals surface area contributed by atoms with E-state index in [1.807, 2.05) is 35.2 Å². The third kappa shape index (κ3) is 6.41. The van der Waals surface area contributed by atoms with Gasteiger partial charge in [-0.25, -0.2) is 9.89 Å². The summed E-state index contributed by atoms with van der Waals surface area (Å²) >= 11 is 0. The van der Waals surface area contributed by atoms with Gasteiger partial charge in [0.05, 0.1) is 10.8 Å². The monoisotopic (exact) mass is 595 g/mol. The number of carbonyl (C=O) groups excluding carboxylic acids is 3. The number of piperidine rings is 1. The van der Waals surface area contributed by atoms with Crippen LogP contribution >= 0.6 is 0 Å². The fraction of sp³-hybridized carbons (Fsp3) is 0.303. The SMILES string of the molecule is O=C(OCc1ccccc1)N1CCC(C(=O)N2CCN(C(=O)c3cccc(Oc4n[nH]c(=O)c5ccccc45)c3)CC2)CC1. The average Bonchev–Trinajstić information content (AvgIpc) is 3.08. The first-order valence-corrected chi connectivity index (χ1v) is 14.8. The summed E-state index contributed by atoms with van der Waals surface area (Å²) < 4.78 is 11.4. The Hall–Kier alpha value is -5.19. The number of hydrogen-bond donors (Lipinski definition) is 1. The van der Waals surface area contributed by atoms with Gasteiger partial charge in [0.15, 0.2) is 0 Å². The molecule has 0 bridgehead atoms. The van der Waals surface area contributed by atoms with Crippen molar-refractivity contribution in [2.45, 2.75) is 19.4 Å². The molecule has 0 spiro atoms. The maximum Gasteiger partial charge on any atom is 0.410 e. The van der Waals surface area contributed by atoms with E-state index in [0.29, 0.717) is 74.2 Å². The number of rotatable bonds is 6. The summed E-state index contributed by atoms with van der Waals surface area (Å²) in [5, 5.41) is 7.52. The number of aromatic nitrogens is 2. The molecule has 2 fully saturated rings. The van der Waals surface area contributed by atoms with E-state index in [4.69, 9.17) is 9.47 Å². The first-order chi connectivity index (χ1) is 21.5. The first-order valence-electron chi connectivity index (χ1n) is 14.8. The Morgan fingerprint density at radius 2 is 1.45 bits per heavy atom. The smallest absolute Gasteiger partial charge is 0.410 e. The molecule has 3 amide bonds. The maximum absolute atomic E-state index is 13.3. The fourth-order valence-electron chi connectivity index (χ4n) is 5.66. The first kappa shape index (κ1) is 28.9. The molecule has 1 aromatic heterocycles. The number of amides is 3.